The summed E-state index contributed by atoms with van der Waals surface area (Å²) in [5.74, 6) is -0.130. The predicted molar refractivity (Wildman–Crippen MR) is 95.1 cm³/mol. The zero-order chi connectivity index (χ0) is 15.6. The Morgan fingerprint density at radius 1 is 0.957 bits per heavy atom. The van der Waals surface area contributed by atoms with Gasteiger partial charge in [0.25, 0.3) is 5.91 Å². The summed E-state index contributed by atoms with van der Waals surface area (Å²) in [6.07, 6.45) is 3.49. The molecular weight excluding hydrogens is 326 g/mol. The van der Waals surface area contributed by atoms with Gasteiger partial charge in [0.2, 0.25) is 0 Å². The Labute approximate surface area is 140 Å². The molecule has 0 unspecified atom stereocenters. The number of aromatic nitrogens is 2. The first-order valence-corrected chi connectivity index (χ1v) is 8.60. The van der Waals surface area contributed by atoms with E-state index in [4.69, 9.17) is 0 Å². The van der Waals surface area contributed by atoms with Crippen LogP contribution in [0.25, 0.3) is 20.7 Å². The predicted octanol–water partition coefficient (Wildman–Crippen LogP) is 4.67. The van der Waals surface area contributed by atoms with Gasteiger partial charge in [0.05, 0.1) is 15.1 Å². The molecule has 1 N–H and O–H groups in total. The van der Waals surface area contributed by atoms with Crippen LogP contribution in [0.1, 0.15) is 9.67 Å². The van der Waals surface area contributed by atoms with Crippen molar-refractivity contribution in [2.45, 2.75) is 0 Å². The van der Waals surface area contributed by atoms with Crippen molar-refractivity contribution in [2.24, 2.45) is 0 Å². The number of pyridine rings is 1. The maximum absolute atomic E-state index is 12.4. The van der Waals surface area contributed by atoms with Gasteiger partial charge in [-0.1, -0.05) is 23.5 Å². The molecule has 0 bridgehead atoms. The maximum Gasteiger partial charge on any atom is 0.267 e. The van der Waals surface area contributed by atoms with E-state index in [9.17, 15) is 4.79 Å². The number of nitrogens with zero attached hydrogens (tertiary/aromatic N) is 2. The molecule has 0 saturated heterocycles. The number of thiazole rings is 1. The van der Waals surface area contributed by atoms with E-state index >= 15 is 0 Å². The van der Waals surface area contributed by atoms with E-state index in [1.165, 1.54) is 22.7 Å². The Hall–Kier alpha value is -2.57. The van der Waals surface area contributed by atoms with Crippen LogP contribution in [0.2, 0.25) is 0 Å². The molecule has 0 saturated carbocycles. The van der Waals surface area contributed by atoms with E-state index in [-0.39, 0.29) is 5.91 Å². The summed E-state index contributed by atoms with van der Waals surface area (Å²) >= 11 is 2.93. The van der Waals surface area contributed by atoms with Gasteiger partial charge in [0.15, 0.2) is 5.13 Å². The second kappa shape index (κ2) is 5.91. The maximum atomic E-state index is 12.4. The third-order valence-corrected chi connectivity index (χ3v) is 5.39. The van der Waals surface area contributed by atoms with Crippen LogP contribution in [0.15, 0.2) is 60.9 Å². The van der Waals surface area contributed by atoms with Crippen molar-refractivity contribution in [3.05, 3.63) is 65.8 Å². The third-order valence-electron chi connectivity index (χ3n) is 3.31. The number of amides is 1. The van der Waals surface area contributed by atoms with Crippen LogP contribution in [0.3, 0.4) is 0 Å². The summed E-state index contributed by atoms with van der Waals surface area (Å²) in [6.45, 7) is 0. The number of carbonyl (C=O) groups is 1. The van der Waals surface area contributed by atoms with Gasteiger partial charge in [0, 0.05) is 17.3 Å². The number of nitrogens with one attached hydrogen (secondary N) is 1. The highest BCUT2D eigenvalue weighted by atomic mass is 32.1. The number of hydrogen-bond donors (Lipinski definition) is 1. The van der Waals surface area contributed by atoms with E-state index in [0.29, 0.717) is 10.0 Å². The van der Waals surface area contributed by atoms with Gasteiger partial charge < -0.3 is 0 Å². The van der Waals surface area contributed by atoms with Crippen molar-refractivity contribution in [2.75, 3.05) is 5.32 Å². The number of thiophene rings is 1. The Balaban J connectivity index is 1.56. The zero-order valence-corrected chi connectivity index (χ0v) is 13.5. The highest BCUT2D eigenvalue weighted by Gasteiger charge is 2.12. The lowest BCUT2D eigenvalue weighted by Gasteiger charge is -1.98. The summed E-state index contributed by atoms with van der Waals surface area (Å²) in [6, 6.07) is 15.5. The lowest BCUT2D eigenvalue weighted by Crippen LogP contribution is -2.09. The number of para-hydroxylation sites is 1. The molecule has 1 aromatic carbocycles. The van der Waals surface area contributed by atoms with Crippen LogP contribution in [0, 0.1) is 0 Å². The van der Waals surface area contributed by atoms with Gasteiger partial charge in [0.1, 0.15) is 0 Å². The van der Waals surface area contributed by atoms with E-state index in [1.807, 2.05) is 48.5 Å². The molecular formula is C17H11N3OS2. The number of anilines is 1. The molecule has 23 heavy (non-hydrogen) atoms. The molecule has 4 aromatic rings. The van der Waals surface area contributed by atoms with Gasteiger partial charge in [-0.25, -0.2) is 4.98 Å². The van der Waals surface area contributed by atoms with Gasteiger partial charge >= 0.3 is 0 Å². The van der Waals surface area contributed by atoms with Gasteiger partial charge in [-0.3, -0.25) is 15.1 Å². The van der Waals surface area contributed by atoms with Crippen molar-refractivity contribution in [3.63, 3.8) is 0 Å². The van der Waals surface area contributed by atoms with E-state index < -0.39 is 0 Å². The quantitative estimate of drug-likeness (QED) is 0.591. The molecule has 0 atom stereocenters. The first-order chi connectivity index (χ1) is 11.3. The minimum absolute atomic E-state index is 0.130. The fourth-order valence-corrected chi connectivity index (χ4v) is 3.98. The molecule has 0 spiro atoms. The van der Waals surface area contributed by atoms with Crippen LogP contribution in [-0.2, 0) is 0 Å². The van der Waals surface area contributed by atoms with Crippen molar-refractivity contribution in [1.29, 1.82) is 0 Å². The van der Waals surface area contributed by atoms with Gasteiger partial charge in [-0.15, -0.1) is 11.3 Å². The Kier molecular flexibility index (Phi) is 3.61. The summed E-state index contributed by atoms with van der Waals surface area (Å²) in [5.41, 5.74) is 1.96. The Bertz CT molecular complexity index is 943. The number of carbonyl (C=O) groups excluding carboxylic acids is 1. The second-order valence-corrected chi connectivity index (χ2v) is 6.96. The lowest BCUT2D eigenvalue weighted by molar-refractivity contribution is 0.103. The van der Waals surface area contributed by atoms with E-state index in [0.717, 1.165) is 20.7 Å². The first kappa shape index (κ1) is 14.0. The normalized spacial score (nSPS) is 10.8. The van der Waals surface area contributed by atoms with E-state index in [2.05, 4.69) is 15.3 Å². The average molecular weight is 337 g/mol. The number of rotatable bonds is 3. The molecule has 0 radical (unpaired) electrons. The largest absolute Gasteiger partial charge is 0.297 e. The number of fused-ring (bicyclic) bond motifs is 1. The first-order valence-electron chi connectivity index (χ1n) is 6.97. The molecule has 0 fully saturated rings. The summed E-state index contributed by atoms with van der Waals surface area (Å²) in [4.78, 5) is 22.5. The Morgan fingerprint density at radius 3 is 2.61 bits per heavy atom. The van der Waals surface area contributed by atoms with Crippen LogP contribution >= 0.6 is 22.7 Å². The molecule has 6 heteroatoms. The Morgan fingerprint density at radius 2 is 1.78 bits per heavy atom. The molecule has 4 rings (SSSR count). The second-order valence-electron chi connectivity index (χ2n) is 4.84. The minimum Gasteiger partial charge on any atom is -0.297 e. The highest BCUT2D eigenvalue weighted by Crippen LogP contribution is 2.29. The fraction of sp³-hybridized carbons (Fsp3) is 0. The molecule has 3 aromatic heterocycles. The molecule has 112 valence electrons. The van der Waals surface area contributed by atoms with Crippen LogP contribution in [-0.4, -0.2) is 15.9 Å². The molecule has 4 nitrogen and oxygen atoms in total. The fourth-order valence-electron chi connectivity index (χ4n) is 2.22. The van der Waals surface area contributed by atoms with Crippen molar-refractivity contribution >= 4 is 43.9 Å². The third kappa shape index (κ3) is 2.86. The standard InChI is InChI=1S/C17H11N3OS2/c21-16(20-17-19-12-3-1-2-4-14(12)23-17)15-6-5-13(22-15)11-7-9-18-10-8-11/h1-10H,(H,19,20,21). The zero-order valence-electron chi connectivity index (χ0n) is 11.9. The lowest BCUT2D eigenvalue weighted by atomic mass is 10.2. The number of benzene rings is 1. The monoisotopic (exact) mass is 337 g/mol. The van der Waals surface area contributed by atoms with Crippen molar-refractivity contribution in [1.82, 2.24) is 9.97 Å². The molecule has 0 aliphatic heterocycles. The van der Waals surface area contributed by atoms with Crippen molar-refractivity contribution < 1.29 is 4.79 Å². The highest BCUT2D eigenvalue weighted by molar-refractivity contribution is 7.22. The molecule has 1 amide bonds. The summed E-state index contributed by atoms with van der Waals surface area (Å²) in [7, 11) is 0. The van der Waals surface area contributed by atoms with Crippen LogP contribution in [0.4, 0.5) is 5.13 Å². The molecule has 3 heterocycles. The SMILES string of the molecule is O=C(Nc1nc2ccccc2s1)c1ccc(-c2ccncc2)s1. The topological polar surface area (TPSA) is 54.9 Å². The van der Waals surface area contributed by atoms with Gasteiger partial charge in [-0.2, -0.15) is 0 Å². The number of hydrogen-bond acceptors (Lipinski definition) is 5. The summed E-state index contributed by atoms with van der Waals surface area (Å²) in [5, 5.41) is 3.50. The van der Waals surface area contributed by atoms with Crippen LogP contribution < -0.4 is 5.32 Å². The van der Waals surface area contributed by atoms with Gasteiger partial charge in [-0.05, 0) is 42.0 Å². The minimum atomic E-state index is -0.130. The molecule has 0 aliphatic carbocycles. The molecule has 0 aliphatic rings. The van der Waals surface area contributed by atoms with Crippen LogP contribution in [0.5, 0.6) is 0 Å². The van der Waals surface area contributed by atoms with E-state index in [1.54, 1.807) is 12.4 Å². The van der Waals surface area contributed by atoms with Crippen molar-refractivity contribution in [3.8, 4) is 10.4 Å². The average Bonchev–Trinajstić information content (AvgIpc) is 3.22. The summed E-state index contributed by atoms with van der Waals surface area (Å²) < 4.78 is 1.06. The smallest absolute Gasteiger partial charge is 0.267 e.